The van der Waals surface area contributed by atoms with Gasteiger partial charge in [-0.15, -0.1) is 0 Å². The van der Waals surface area contributed by atoms with Crippen molar-refractivity contribution in [1.29, 1.82) is 0 Å². The zero-order chi connectivity index (χ0) is 14.3. The summed E-state index contributed by atoms with van der Waals surface area (Å²) in [5.74, 6) is 0.288. The summed E-state index contributed by atoms with van der Waals surface area (Å²) in [6.45, 7) is 2.20. The van der Waals surface area contributed by atoms with Gasteiger partial charge < -0.3 is 14.8 Å². The first-order valence-electron chi connectivity index (χ1n) is 5.72. The van der Waals surface area contributed by atoms with Crippen molar-refractivity contribution in [3.63, 3.8) is 0 Å². The maximum Gasteiger partial charge on any atom is 0.258 e. The number of carbonyl (C=O) groups is 2. The van der Waals surface area contributed by atoms with Crippen molar-refractivity contribution in [2.75, 3.05) is 20.3 Å². The molecule has 0 heterocycles. The minimum absolute atomic E-state index is 0.0676. The van der Waals surface area contributed by atoms with Crippen LogP contribution in [0.2, 0.25) is 0 Å². The number of hydrogen-bond acceptors (Lipinski definition) is 4. The van der Waals surface area contributed by atoms with Gasteiger partial charge in [0.05, 0.1) is 11.1 Å². The van der Waals surface area contributed by atoms with Gasteiger partial charge in [-0.1, -0.05) is 0 Å². The lowest BCUT2D eigenvalue weighted by atomic mass is 10.2. The van der Waals surface area contributed by atoms with Gasteiger partial charge in [0.1, 0.15) is 12.0 Å². The highest BCUT2D eigenvalue weighted by Gasteiger charge is 2.09. The third-order valence-electron chi connectivity index (χ3n) is 2.27. The van der Waals surface area contributed by atoms with E-state index in [1.165, 1.54) is 0 Å². The maximum atomic E-state index is 11.6. The van der Waals surface area contributed by atoms with E-state index in [1.54, 1.807) is 25.3 Å². The fourth-order valence-electron chi connectivity index (χ4n) is 1.46. The van der Waals surface area contributed by atoms with Crippen LogP contribution in [0.25, 0.3) is 0 Å². The van der Waals surface area contributed by atoms with Crippen LogP contribution in [0.1, 0.15) is 17.3 Å². The van der Waals surface area contributed by atoms with Crippen molar-refractivity contribution in [2.45, 2.75) is 13.0 Å². The molecule has 1 rings (SSSR count). The second-order valence-corrected chi connectivity index (χ2v) is 4.87. The molecule has 1 aromatic rings. The molecule has 0 aliphatic carbocycles. The lowest BCUT2D eigenvalue weighted by Gasteiger charge is -2.13. The molecule has 0 radical (unpaired) electrons. The molecule has 1 atom stereocenters. The van der Waals surface area contributed by atoms with Crippen molar-refractivity contribution in [2.24, 2.45) is 0 Å². The SMILES string of the molecule is COC[C@H](C)NC(=O)COc1ccc(C=O)cc1Br. The van der Waals surface area contributed by atoms with E-state index in [0.29, 0.717) is 22.4 Å². The van der Waals surface area contributed by atoms with E-state index in [-0.39, 0.29) is 18.6 Å². The molecule has 1 aromatic carbocycles. The molecule has 0 saturated heterocycles. The summed E-state index contributed by atoms with van der Waals surface area (Å²) >= 11 is 3.28. The summed E-state index contributed by atoms with van der Waals surface area (Å²) < 4.78 is 10.9. The molecule has 6 heteroatoms. The number of amides is 1. The predicted molar refractivity (Wildman–Crippen MR) is 74.5 cm³/mol. The van der Waals surface area contributed by atoms with E-state index >= 15 is 0 Å². The topological polar surface area (TPSA) is 64.6 Å². The molecule has 0 bridgehead atoms. The number of methoxy groups -OCH3 is 1. The highest BCUT2D eigenvalue weighted by molar-refractivity contribution is 9.10. The van der Waals surface area contributed by atoms with E-state index in [0.717, 1.165) is 6.29 Å². The average Bonchev–Trinajstić information content (AvgIpc) is 2.37. The molecule has 1 N–H and O–H groups in total. The first kappa shape index (κ1) is 15.7. The van der Waals surface area contributed by atoms with E-state index < -0.39 is 0 Å². The second-order valence-electron chi connectivity index (χ2n) is 4.02. The average molecular weight is 330 g/mol. The standard InChI is InChI=1S/C13H16BrNO4/c1-9(7-18-2)15-13(17)8-19-12-4-3-10(6-16)5-11(12)14/h3-6,9H,7-8H2,1-2H3,(H,15,17)/t9-/m0/s1. The summed E-state index contributed by atoms with van der Waals surface area (Å²) in [5.41, 5.74) is 0.539. The third kappa shape index (κ3) is 5.40. The molecular formula is C13H16BrNO4. The van der Waals surface area contributed by atoms with Gasteiger partial charge in [0.2, 0.25) is 0 Å². The fourth-order valence-corrected chi connectivity index (χ4v) is 1.97. The third-order valence-corrected chi connectivity index (χ3v) is 2.89. The lowest BCUT2D eigenvalue weighted by molar-refractivity contribution is -0.124. The summed E-state index contributed by atoms with van der Waals surface area (Å²) in [6.07, 6.45) is 0.744. The molecule has 0 aliphatic heterocycles. The number of ether oxygens (including phenoxy) is 2. The van der Waals surface area contributed by atoms with Gasteiger partial charge in [0.15, 0.2) is 6.61 Å². The highest BCUT2D eigenvalue weighted by atomic mass is 79.9. The monoisotopic (exact) mass is 329 g/mol. The summed E-state index contributed by atoms with van der Waals surface area (Å²) in [6, 6.07) is 4.83. The first-order chi connectivity index (χ1) is 9.06. The Bertz CT molecular complexity index is 450. The summed E-state index contributed by atoms with van der Waals surface area (Å²) in [4.78, 5) is 22.2. The minimum Gasteiger partial charge on any atom is -0.483 e. The molecule has 0 fully saturated rings. The molecule has 0 aliphatic rings. The van der Waals surface area contributed by atoms with Gasteiger partial charge in [0, 0.05) is 18.7 Å². The van der Waals surface area contributed by atoms with Gasteiger partial charge in [-0.25, -0.2) is 0 Å². The Balaban J connectivity index is 2.48. The van der Waals surface area contributed by atoms with Crippen molar-refractivity contribution in [3.05, 3.63) is 28.2 Å². The van der Waals surface area contributed by atoms with Crippen LogP contribution in [0.3, 0.4) is 0 Å². The Morgan fingerprint density at radius 1 is 1.53 bits per heavy atom. The normalized spacial score (nSPS) is 11.7. The van der Waals surface area contributed by atoms with Crippen LogP contribution in [-0.4, -0.2) is 38.6 Å². The van der Waals surface area contributed by atoms with Crippen molar-refractivity contribution in [1.82, 2.24) is 5.32 Å². The Morgan fingerprint density at radius 2 is 2.26 bits per heavy atom. The molecule has 5 nitrogen and oxygen atoms in total. The fraction of sp³-hybridized carbons (Fsp3) is 0.385. The number of carbonyl (C=O) groups excluding carboxylic acids is 2. The summed E-state index contributed by atoms with van der Waals surface area (Å²) in [5, 5.41) is 2.73. The van der Waals surface area contributed by atoms with Crippen LogP contribution in [0, 0.1) is 0 Å². The van der Waals surface area contributed by atoms with Crippen molar-refractivity contribution >= 4 is 28.1 Å². The van der Waals surface area contributed by atoms with Crippen LogP contribution in [0.4, 0.5) is 0 Å². The second kappa shape index (κ2) is 7.91. The molecular weight excluding hydrogens is 314 g/mol. The Labute approximate surface area is 120 Å². The van der Waals surface area contributed by atoms with E-state index in [4.69, 9.17) is 9.47 Å². The predicted octanol–water partition coefficient (Wildman–Crippen LogP) is 1.79. The number of hydrogen-bond donors (Lipinski definition) is 1. The van der Waals surface area contributed by atoms with E-state index in [1.807, 2.05) is 6.92 Å². The van der Waals surface area contributed by atoms with Crippen LogP contribution >= 0.6 is 15.9 Å². The molecule has 0 aromatic heterocycles. The molecule has 0 unspecified atom stereocenters. The van der Waals surface area contributed by atoms with Gasteiger partial charge in [-0.3, -0.25) is 9.59 Å². The quantitative estimate of drug-likeness (QED) is 0.774. The smallest absolute Gasteiger partial charge is 0.258 e. The van der Waals surface area contributed by atoms with Gasteiger partial charge in [-0.2, -0.15) is 0 Å². The van der Waals surface area contributed by atoms with Crippen LogP contribution in [0.15, 0.2) is 22.7 Å². The zero-order valence-corrected chi connectivity index (χ0v) is 12.4. The minimum atomic E-state index is -0.226. The molecule has 19 heavy (non-hydrogen) atoms. The Kier molecular flexibility index (Phi) is 6.52. The highest BCUT2D eigenvalue weighted by Crippen LogP contribution is 2.25. The number of halogens is 1. The largest absolute Gasteiger partial charge is 0.483 e. The zero-order valence-electron chi connectivity index (χ0n) is 10.8. The lowest BCUT2D eigenvalue weighted by Crippen LogP contribution is -2.38. The molecule has 0 spiro atoms. The molecule has 0 saturated carbocycles. The Morgan fingerprint density at radius 3 is 2.84 bits per heavy atom. The van der Waals surface area contributed by atoms with Gasteiger partial charge >= 0.3 is 0 Å². The van der Waals surface area contributed by atoms with Crippen molar-refractivity contribution < 1.29 is 19.1 Å². The first-order valence-corrected chi connectivity index (χ1v) is 6.52. The van der Waals surface area contributed by atoms with Gasteiger partial charge in [0.25, 0.3) is 5.91 Å². The van der Waals surface area contributed by atoms with E-state index in [2.05, 4.69) is 21.2 Å². The number of nitrogens with one attached hydrogen (secondary N) is 1. The Hall–Kier alpha value is -1.40. The number of benzene rings is 1. The van der Waals surface area contributed by atoms with Crippen LogP contribution in [0.5, 0.6) is 5.75 Å². The number of rotatable bonds is 7. The van der Waals surface area contributed by atoms with Gasteiger partial charge in [-0.05, 0) is 41.1 Å². The number of aldehydes is 1. The maximum absolute atomic E-state index is 11.6. The molecule has 1 amide bonds. The van der Waals surface area contributed by atoms with Crippen molar-refractivity contribution in [3.8, 4) is 5.75 Å². The van der Waals surface area contributed by atoms with Crippen LogP contribution < -0.4 is 10.1 Å². The summed E-state index contributed by atoms with van der Waals surface area (Å²) in [7, 11) is 1.57. The van der Waals surface area contributed by atoms with Crippen LogP contribution in [-0.2, 0) is 9.53 Å². The molecule has 104 valence electrons. The van der Waals surface area contributed by atoms with E-state index in [9.17, 15) is 9.59 Å².